The summed E-state index contributed by atoms with van der Waals surface area (Å²) in [6.45, 7) is -0.0810. The highest BCUT2D eigenvalue weighted by Crippen LogP contribution is 2.22. The fraction of sp³-hybridized carbons (Fsp3) is 0.385. The van der Waals surface area contributed by atoms with Crippen LogP contribution in [0.5, 0.6) is 0 Å². The maximum atomic E-state index is 12.1. The molecule has 1 atom stereocenters. The molecule has 0 aliphatic heterocycles. The first-order valence-electron chi connectivity index (χ1n) is 6.06. The topological polar surface area (TPSA) is 83.5 Å². The molecule has 1 rings (SSSR count). The zero-order valence-corrected chi connectivity index (χ0v) is 13.8. The fourth-order valence-corrected chi connectivity index (χ4v) is 3.67. The first kappa shape index (κ1) is 18.1. The van der Waals surface area contributed by atoms with Gasteiger partial charge in [0.1, 0.15) is 11.5 Å². The highest BCUT2D eigenvalue weighted by Gasteiger charge is 2.17. The lowest BCUT2D eigenvalue weighted by Crippen LogP contribution is -2.26. The van der Waals surface area contributed by atoms with Crippen LogP contribution in [0.4, 0.5) is 0 Å². The predicted molar refractivity (Wildman–Crippen MR) is 84.2 cm³/mol. The van der Waals surface area contributed by atoms with E-state index in [-0.39, 0.29) is 23.1 Å². The standard InChI is InChI=1S/C13H16ClNO4S2/c1-20(17)9-3-7-15-21(18,19)13-6-5-11(4-2-8-16)10-12(13)14/h5-6,10,15-16H,3,7-9H2,1H3. The van der Waals surface area contributed by atoms with Gasteiger partial charge in [0.15, 0.2) is 0 Å². The molecule has 0 bridgehead atoms. The highest BCUT2D eigenvalue weighted by molar-refractivity contribution is 7.89. The lowest BCUT2D eigenvalue weighted by Gasteiger charge is -2.08. The van der Waals surface area contributed by atoms with Crippen molar-refractivity contribution in [2.75, 3.05) is 25.2 Å². The molecule has 1 aromatic rings. The van der Waals surface area contributed by atoms with Crippen molar-refractivity contribution in [3.63, 3.8) is 0 Å². The number of hydrogen-bond acceptors (Lipinski definition) is 4. The zero-order chi connectivity index (χ0) is 15.9. The van der Waals surface area contributed by atoms with Crippen LogP contribution in [0.3, 0.4) is 0 Å². The normalized spacial score (nSPS) is 12.5. The summed E-state index contributed by atoms with van der Waals surface area (Å²) in [6, 6.07) is 4.31. The van der Waals surface area contributed by atoms with Gasteiger partial charge in [-0.15, -0.1) is 0 Å². The summed E-state index contributed by atoms with van der Waals surface area (Å²) < 4.78 is 37.5. The molecule has 0 amide bonds. The molecule has 0 heterocycles. The van der Waals surface area contributed by atoms with Crippen molar-refractivity contribution < 1.29 is 17.7 Å². The van der Waals surface area contributed by atoms with Gasteiger partial charge in [-0.3, -0.25) is 4.21 Å². The molecule has 2 N–H and O–H groups in total. The molecule has 1 aromatic carbocycles. The van der Waals surface area contributed by atoms with Crippen LogP contribution in [0.25, 0.3) is 0 Å². The van der Waals surface area contributed by atoms with E-state index in [1.54, 1.807) is 6.26 Å². The maximum absolute atomic E-state index is 12.1. The Morgan fingerprint density at radius 2 is 2.14 bits per heavy atom. The molecule has 0 aliphatic carbocycles. The van der Waals surface area contributed by atoms with Gasteiger partial charge in [-0.05, 0) is 24.6 Å². The molecule has 21 heavy (non-hydrogen) atoms. The van der Waals surface area contributed by atoms with Gasteiger partial charge < -0.3 is 5.11 Å². The lowest BCUT2D eigenvalue weighted by atomic mass is 10.2. The third kappa shape index (κ3) is 6.16. The Morgan fingerprint density at radius 3 is 2.71 bits per heavy atom. The van der Waals surface area contributed by atoms with Crippen LogP contribution in [0, 0.1) is 11.8 Å². The van der Waals surface area contributed by atoms with Gasteiger partial charge in [0.05, 0.1) is 5.02 Å². The van der Waals surface area contributed by atoms with Gasteiger partial charge in [0, 0.05) is 34.9 Å². The fourth-order valence-electron chi connectivity index (χ4n) is 1.50. The van der Waals surface area contributed by atoms with Gasteiger partial charge in [-0.2, -0.15) is 0 Å². The monoisotopic (exact) mass is 349 g/mol. The van der Waals surface area contributed by atoms with E-state index in [0.717, 1.165) is 0 Å². The number of hydrogen-bond donors (Lipinski definition) is 2. The van der Waals surface area contributed by atoms with Gasteiger partial charge in [0.2, 0.25) is 10.0 Å². The van der Waals surface area contributed by atoms with E-state index in [4.69, 9.17) is 16.7 Å². The molecule has 8 heteroatoms. The Bertz CT molecular complexity index is 677. The third-order valence-corrected chi connectivity index (χ3v) is 5.24. The summed E-state index contributed by atoms with van der Waals surface area (Å²) >= 11 is 5.96. The second-order valence-corrected chi connectivity index (χ2v) is 7.83. The van der Waals surface area contributed by atoms with Gasteiger partial charge >= 0.3 is 0 Å². The number of rotatable bonds is 6. The minimum Gasteiger partial charge on any atom is -0.384 e. The van der Waals surface area contributed by atoms with Crippen molar-refractivity contribution in [3.8, 4) is 11.8 Å². The Balaban J connectivity index is 2.81. The number of nitrogens with one attached hydrogen (secondary N) is 1. The van der Waals surface area contributed by atoms with Crippen molar-refractivity contribution in [2.24, 2.45) is 0 Å². The molecule has 0 fully saturated rings. The van der Waals surface area contributed by atoms with Crippen LogP contribution in [0.2, 0.25) is 5.02 Å². The smallest absolute Gasteiger partial charge is 0.242 e. The number of aliphatic hydroxyl groups is 1. The molecular formula is C13H16ClNO4S2. The maximum Gasteiger partial charge on any atom is 0.242 e. The van der Waals surface area contributed by atoms with Crippen molar-refractivity contribution in [2.45, 2.75) is 11.3 Å². The van der Waals surface area contributed by atoms with Crippen molar-refractivity contribution >= 4 is 32.4 Å². The van der Waals surface area contributed by atoms with Gasteiger partial charge in [-0.1, -0.05) is 23.4 Å². The van der Waals surface area contributed by atoms with Crippen LogP contribution in [-0.2, 0) is 20.8 Å². The molecule has 0 saturated carbocycles. The molecular weight excluding hydrogens is 334 g/mol. The van der Waals surface area contributed by atoms with E-state index in [1.807, 2.05) is 0 Å². The van der Waals surface area contributed by atoms with Crippen molar-refractivity contribution in [1.82, 2.24) is 4.72 Å². The first-order valence-corrected chi connectivity index (χ1v) is 9.64. The van der Waals surface area contributed by atoms with E-state index >= 15 is 0 Å². The summed E-state index contributed by atoms with van der Waals surface area (Å²) in [5.74, 6) is 5.54. The van der Waals surface area contributed by atoms with E-state index in [0.29, 0.717) is 17.7 Å². The van der Waals surface area contributed by atoms with Crippen LogP contribution in [-0.4, -0.2) is 42.9 Å². The highest BCUT2D eigenvalue weighted by atomic mass is 35.5. The first-order chi connectivity index (χ1) is 9.86. The SMILES string of the molecule is CS(=O)CCCNS(=O)(=O)c1ccc(C#CCO)cc1Cl. The minimum absolute atomic E-state index is 0.0312. The molecule has 0 radical (unpaired) electrons. The average molecular weight is 350 g/mol. The number of aliphatic hydroxyl groups excluding tert-OH is 1. The summed E-state index contributed by atoms with van der Waals surface area (Å²) in [5, 5.41) is 8.67. The Kier molecular flexibility index (Phi) is 7.35. The molecule has 0 aromatic heterocycles. The summed E-state index contributed by atoms with van der Waals surface area (Å²) in [4.78, 5) is -0.0312. The van der Waals surface area contributed by atoms with E-state index in [2.05, 4.69) is 16.6 Å². The molecule has 116 valence electrons. The number of benzene rings is 1. The van der Waals surface area contributed by atoms with Gasteiger partial charge in [-0.25, -0.2) is 13.1 Å². The Morgan fingerprint density at radius 1 is 1.43 bits per heavy atom. The molecule has 0 saturated heterocycles. The Hall–Kier alpha value is -0.910. The minimum atomic E-state index is -3.70. The number of halogens is 1. The average Bonchev–Trinajstić information content (AvgIpc) is 2.41. The summed E-state index contributed by atoms with van der Waals surface area (Å²) in [6.07, 6.45) is 2.05. The molecule has 5 nitrogen and oxygen atoms in total. The van der Waals surface area contributed by atoms with Crippen LogP contribution in [0.1, 0.15) is 12.0 Å². The lowest BCUT2D eigenvalue weighted by molar-refractivity contribution is 0.350. The van der Waals surface area contributed by atoms with Crippen LogP contribution >= 0.6 is 11.6 Å². The Labute approximate surface area is 132 Å². The third-order valence-electron chi connectivity index (χ3n) is 2.43. The zero-order valence-electron chi connectivity index (χ0n) is 11.4. The van der Waals surface area contributed by atoms with E-state index in [1.165, 1.54) is 18.2 Å². The van der Waals surface area contributed by atoms with E-state index < -0.39 is 20.8 Å². The predicted octanol–water partition coefficient (Wildman–Crippen LogP) is 0.731. The van der Waals surface area contributed by atoms with Gasteiger partial charge in [0.25, 0.3) is 0 Å². The second kappa shape index (κ2) is 8.51. The second-order valence-electron chi connectivity index (χ2n) is 4.13. The largest absolute Gasteiger partial charge is 0.384 e. The van der Waals surface area contributed by atoms with Crippen LogP contribution in [0.15, 0.2) is 23.1 Å². The summed E-state index contributed by atoms with van der Waals surface area (Å²) in [5.41, 5.74) is 0.523. The summed E-state index contributed by atoms with van der Waals surface area (Å²) in [7, 11) is -4.65. The van der Waals surface area contributed by atoms with Crippen molar-refractivity contribution in [3.05, 3.63) is 28.8 Å². The van der Waals surface area contributed by atoms with Crippen molar-refractivity contribution in [1.29, 1.82) is 0 Å². The molecule has 0 aliphatic rings. The quantitative estimate of drug-likeness (QED) is 0.586. The molecule has 1 unspecified atom stereocenters. The molecule has 0 spiro atoms. The number of sulfonamides is 1. The van der Waals surface area contributed by atoms with Crippen LogP contribution < -0.4 is 4.72 Å². The van der Waals surface area contributed by atoms with E-state index in [9.17, 15) is 12.6 Å².